The van der Waals surface area contributed by atoms with Crippen LogP contribution in [0.3, 0.4) is 0 Å². The minimum atomic E-state index is -3.70. The van der Waals surface area contributed by atoms with Crippen molar-refractivity contribution in [2.24, 2.45) is 0 Å². The summed E-state index contributed by atoms with van der Waals surface area (Å²) in [6.45, 7) is -1.72. The van der Waals surface area contributed by atoms with Crippen LogP contribution < -0.4 is 9.05 Å². The summed E-state index contributed by atoms with van der Waals surface area (Å²) in [7, 11) is 0. The lowest BCUT2D eigenvalue weighted by Crippen LogP contribution is -1.97. The molecule has 3 nitrogen and oxygen atoms in total. The molecule has 0 saturated carbocycles. The van der Waals surface area contributed by atoms with E-state index in [1.165, 1.54) is 0 Å². The predicted octanol–water partition coefficient (Wildman–Crippen LogP) is 5.05. The van der Waals surface area contributed by atoms with Crippen molar-refractivity contribution in [2.75, 3.05) is 0 Å². The summed E-state index contributed by atoms with van der Waals surface area (Å²) in [5.41, 5.74) is 0.931. The molecule has 2 aromatic carbocycles. The van der Waals surface area contributed by atoms with E-state index in [4.69, 9.17) is 20.3 Å². The van der Waals surface area contributed by atoms with Crippen molar-refractivity contribution >= 4 is 18.2 Å². The molecule has 0 amide bonds. The van der Waals surface area contributed by atoms with Gasteiger partial charge in [0, 0.05) is 11.2 Å². The van der Waals surface area contributed by atoms with E-state index in [0.717, 1.165) is 12.0 Å². The maximum absolute atomic E-state index is 12.1. The quantitative estimate of drug-likeness (QED) is 0.724. The largest absolute Gasteiger partial charge is 0.530 e. The summed E-state index contributed by atoms with van der Waals surface area (Å²) < 4.78 is 22.7. The molecule has 0 fully saturated rings. The Hall–Kier alpha value is -1.44. The summed E-state index contributed by atoms with van der Waals surface area (Å²) >= 11 is 5.85. The molecule has 0 spiro atoms. The highest BCUT2D eigenvalue weighted by molar-refractivity contribution is 7.82. The third-order valence-electron chi connectivity index (χ3n) is 2.52. The monoisotopic (exact) mass is 296 g/mol. The van der Waals surface area contributed by atoms with E-state index in [-0.39, 0.29) is 0 Å². The molecule has 2 rings (SSSR count). The molecule has 0 heterocycles. The zero-order valence-electron chi connectivity index (χ0n) is 10.5. The molecule has 2 aromatic rings. The van der Waals surface area contributed by atoms with Gasteiger partial charge in [-0.05, 0) is 30.2 Å². The highest BCUT2D eigenvalue weighted by Gasteiger charge is 2.25. The molecule has 0 saturated heterocycles. The Kier molecular flexibility index (Phi) is 4.52. The molecular weight excluding hydrogens is 283 g/mol. The third-order valence-corrected chi connectivity index (χ3v) is 3.78. The molecule has 0 aromatic heterocycles. The number of aryl methyl sites for hydroxylation is 1. The summed E-state index contributed by atoms with van der Waals surface area (Å²) in [5.74, 6) is 0.897. The van der Waals surface area contributed by atoms with Crippen molar-refractivity contribution < 1.29 is 13.6 Å². The highest BCUT2D eigenvalue weighted by Crippen LogP contribution is 2.53. The van der Waals surface area contributed by atoms with Crippen LogP contribution in [0.4, 0.5) is 0 Å². The lowest BCUT2D eigenvalue weighted by atomic mass is 10.1. The van der Waals surface area contributed by atoms with Gasteiger partial charge < -0.3 is 9.05 Å². The molecule has 100 valence electrons. The first-order chi connectivity index (χ1) is 9.11. The van der Waals surface area contributed by atoms with Crippen molar-refractivity contribution in [3.05, 3.63) is 60.2 Å². The van der Waals surface area contributed by atoms with Gasteiger partial charge >= 0.3 is 6.95 Å². The molecule has 0 aliphatic rings. The maximum atomic E-state index is 12.1. The van der Waals surface area contributed by atoms with Gasteiger partial charge in [-0.15, -0.1) is 0 Å². The van der Waals surface area contributed by atoms with Crippen molar-refractivity contribution in [1.29, 1.82) is 0 Å². The lowest BCUT2D eigenvalue weighted by Gasteiger charge is -2.15. The second kappa shape index (κ2) is 6.14. The minimum Gasteiger partial charge on any atom is -0.405 e. The smallest absolute Gasteiger partial charge is 0.405 e. The molecule has 0 aliphatic heterocycles. The van der Waals surface area contributed by atoms with Gasteiger partial charge in [0.25, 0.3) is 0 Å². The van der Waals surface area contributed by atoms with Crippen molar-refractivity contribution in [2.45, 2.75) is 13.3 Å². The third kappa shape index (κ3) is 4.02. The van der Waals surface area contributed by atoms with Gasteiger partial charge in [0.05, 0.1) is 0 Å². The Morgan fingerprint density at radius 3 is 2.32 bits per heavy atom. The molecule has 1 atom stereocenters. The number of halogens is 1. The highest BCUT2D eigenvalue weighted by atomic mass is 35.7. The topological polar surface area (TPSA) is 35.5 Å². The second-order valence-electron chi connectivity index (χ2n) is 3.89. The fraction of sp³-hybridized carbons (Fsp3) is 0.143. The first kappa shape index (κ1) is 14.0. The van der Waals surface area contributed by atoms with Gasteiger partial charge in [-0.2, -0.15) is 0 Å². The number of rotatable bonds is 5. The zero-order valence-corrected chi connectivity index (χ0v) is 12.1. The number of hydrogen-bond donors (Lipinski definition) is 0. The summed E-state index contributed by atoms with van der Waals surface area (Å²) in [5, 5.41) is 0. The maximum Gasteiger partial charge on any atom is 0.530 e. The van der Waals surface area contributed by atoms with Crippen LogP contribution in [-0.2, 0) is 11.0 Å². The minimum absolute atomic E-state index is 0.412. The lowest BCUT2D eigenvalue weighted by molar-refractivity contribution is 0.404. The number of benzene rings is 2. The summed E-state index contributed by atoms with van der Waals surface area (Å²) in [6, 6.07) is 16.0. The molecule has 0 aliphatic carbocycles. The average Bonchev–Trinajstić information content (AvgIpc) is 2.39. The molecule has 0 N–H and O–H groups in total. The Bertz CT molecular complexity index is 586. The van der Waals surface area contributed by atoms with Crippen molar-refractivity contribution in [3.8, 4) is 11.5 Å². The molecular formula is C14H14ClO3P. The Labute approximate surface area is 117 Å². The average molecular weight is 297 g/mol. The molecule has 19 heavy (non-hydrogen) atoms. The normalized spacial score (nSPS) is 13.6. The first-order valence-corrected chi connectivity index (χ1v) is 8.37. The van der Waals surface area contributed by atoms with E-state index in [9.17, 15) is 4.57 Å². The SMILES string of the molecule is CCc1ccccc1OP(=O)(Cl)Oc1ccccc1. The number of para-hydroxylation sites is 2. The first-order valence-electron chi connectivity index (χ1n) is 5.92. The van der Waals surface area contributed by atoms with E-state index >= 15 is 0 Å². The van der Waals surface area contributed by atoms with E-state index in [2.05, 4.69) is 0 Å². The fourth-order valence-corrected chi connectivity index (χ4v) is 2.91. The summed E-state index contributed by atoms with van der Waals surface area (Å²) in [4.78, 5) is 0. The van der Waals surface area contributed by atoms with Gasteiger partial charge in [0.2, 0.25) is 0 Å². The molecule has 1 unspecified atom stereocenters. The van der Waals surface area contributed by atoms with Gasteiger partial charge in [0.1, 0.15) is 11.5 Å². The van der Waals surface area contributed by atoms with Crippen LogP contribution in [0.15, 0.2) is 54.6 Å². The van der Waals surface area contributed by atoms with Crippen molar-refractivity contribution in [1.82, 2.24) is 0 Å². The van der Waals surface area contributed by atoms with Crippen LogP contribution >= 0.6 is 18.2 Å². The Morgan fingerprint density at radius 2 is 1.63 bits per heavy atom. The zero-order chi connectivity index (χ0) is 13.7. The molecule has 0 bridgehead atoms. The second-order valence-corrected chi connectivity index (χ2v) is 6.36. The van der Waals surface area contributed by atoms with Crippen LogP contribution in [0, 0.1) is 0 Å². The Morgan fingerprint density at radius 1 is 1.00 bits per heavy atom. The van der Waals surface area contributed by atoms with Crippen LogP contribution in [0.5, 0.6) is 11.5 Å². The summed E-state index contributed by atoms with van der Waals surface area (Å²) in [6.07, 6.45) is 0.762. The molecule has 5 heteroatoms. The van der Waals surface area contributed by atoms with Gasteiger partial charge in [-0.1, -0.05) is 43.3 Å². The number of hydrogen-bond acceptors (Lipinski definition) is 3. The fourth-order valence-electron chi connectivity index (χ4n) is 1.63. The van der Waals surface area contributed by atoms with E-state index in [1.807, 2.05) is 25.1 Å². The predicted molar refractivity (Wildman–Crippen MR) is 77.0 cm³/mol. The molecule has 0 radical (unpaired) electrons. The van der Waals surface area contributed by atoms with E-state index in [0.29, 0.717) is 11.5 Å². The van der Waals surface area contributed by atoms with Crippen LogP contribution in [-0.4, -0.2) is 0 Å². The van der Waals surface area contributed by atoms with Crippen LogP contribution in [0.1, 0.15) is 12.5 Å². The van der Waals surface area contributed by atoms with Gasteiger partial charge in [0.15, 0.2) is 0 Å². The Balaban J connectivity index is 2.15. The van der Waals surface area contributed by atoms with Gasteiger partial charge in [-0.25, -0.2) is 4.57 Å². The standard InChI is InChI=1S/C14H14ClO3P/c1-2-12-8-6-7-11-14(12)18-19(15,16)17-13-9-4-3-5-10-13/h3-11H,2H2,1H3. The van der Waals surface area contributed by atoms with E-state index in [1.54, 1.807) is 36.4 Å². The van der Waals surface area contributed by atoms with Gasteiger partial charge in [-0.3, -0.25) is 0 Å². The van der Waals surface area contributed by atoms with E-state index < -0.39 is 6.95 Å². The van der Waals surface area contributed by atoms with Crippen LogP contribution in [0.2, 0.25) is 0 Å². The van der Waals surface area contributed by atoms with Crippen LogP contribution in [0.25, 0.3) is 0 Å². The van der Waals surface area contributed by atoms with Crippen molar-refractivity contribution in [3.63, 3.8) is 0 Å².